The van der Waals surface area contributed by atoms with Crippen molar-refractivity contribution in [2.75, 3.05) is 0 Å². The van der Waals surface area contributed by atoms with Crippen molar-refractivity contribution in [2.24, 2.45) is 5.73 Å². The first-order valence-corrected chi connectivity index (χ1v) is 7.73. The van der Waals surface area contributed by atoms with Crippen molar-refractivity contribution >= 4 is 21.8 Å². The molecule has 4 heteroatoms. The molecule has 3 nitrogen and oxygen atoms in total. The lowest BCUT2D eigenvalue weighted by Crippen LogP contribution is -2.33. The molecule has 1 amide bonds. The van der Waals surface area contributed by atoms with E-state index in [1.54, 1.807) is 0 Å². The number of aryl methyl sites for hydroxylation is 1. The predicted octanol–water partition coefficient (Wildman–Crippen LogP) is 2.77. The SMILES string of the molecule is NC1CCC(NC(=O)CCCc2ccccc2Br)C1. The highest BCUT2D eigenvalue weighted by Gasteiger charge is 2.22. The molecule has 0 saturated heterocycles. The molecule has 0 spiro atoms. The van der Waals surface area contributed by atoms with Crippen molar-refractivity contribution in [3.63, 3.8) is 0 Å². The molecule has 0 aliphatic heterocycles. The molecule has 2 atom stereocenters. The molecule has 19 heavy (non-hydrogen) atoms. The van der Waals surface area contributed by atoms with Crippen LogP contribution < -0.4 is 11.1 Å². The monoisotopic (exact) mass is 324 g/mol. The van der Waals surface area contributed by atoms with Crippen LogP contribution in [0.15, 0.2) is 28.7 Å². The first-order valence-electron chi connectivity index (χ1n) is 6.93. The van der Waals surface area contributed by atoms with Gasteiger partial charge in [0.25, 0.3) is 0 Å². The van der Waals surface area contributed by atoms with Gasteiger partial charge in [0, 0.05) is 23.0 Å². The number of halogens is 1. The molecule has 0 aromatic heterocycles. The Morgan fingerprint density at radius 3 is 2.84 bits per heavy atom. The second kappa shape index (κ2) is 7.06. The Hall–Kier alpha value is -0.870. The van der Waals surface area contributed by atoms with Crippen molar-refractivity contribution < 1.29 is 4.79 Å². The van der Waals surface area contributed by atoms with Gasteiger partial charge in [0.15, 0.2) is 0 Å². The van der Waals surface area contributed by atoms with E-state index < -0.39 is 0 Å². The number of hydrogen-bond donors (Lipinski definition) is 2. The normalized spacial score (nSPS) is 22.4. The van der Waals surface area contributed by atoms with Crippen LogP contribution in [-0.2, 0) is 11.2 Å². The van der Waals surface area contributed by atoms with Gasteiger partial charge in [-0.25, -0.2) is 0 Å². The van der Waals surface area contributed by atoms with Gasteiger partial charge in [0.05, 0.1) is 0 Å². The quantitative estimate of drug-likeness (QED) is 0.875. The van der Waals surface area contributed by atoms with Gasteiger partial charge in [0.1, 0.15) is 0 Å². The summed E-state index contributed by atoms with van der Waals surface area (Å²) < 4.78 is 1.12. The van der Waals surface area contributed by atoms with E-state index in [-0.39, 0.29) is 11.9 Å². The van der Waals surface area contributed by atoms with Gasteiger partial charge in [0.2, 0.25) is 5.91 Å². The van der Waals surface area contributed by atoms with E-state index in [4.69, 9.17) is 5.73 Å². The van der Waals surface area contributed by atoms with Gasteiger partial charge in [-0.1, -0.05) is 34.1 Å². The lowest BCUT2D eigenvalue weighted by molar-refractivity contribution is -0.121. The minimum atomic E-state index is 0.158. The smallest absolute Gasteiger partial charge is 0.220 e. The van der Waals surface area contributed by atoms with E-state index in [2.05, 4.69) is 27.3 Å². The van der Waals surface area contributed by atoms with Crippen molar-refractivity contribution in [3.8, 4) is 0 Å². The topological polar surface area (TPSA) is 55.1 Å². The van der Waals surface area contributed by atoms with E-state index in [1.807, 2.05) is 18.2 Å². The molecule has 1 aliphatic rings. The number of carbonyl (C=O) groups is 1. The second-order valence-electron chi connectivity index (χ2n) is 5.28. The zero-order valence-electron chi connectivity index (χ0n) is 11.1. The third kappa shape index (κ3) is 4.62. The van der Waals surface area contributed by atoms with Crippen molar-refractivity contribution in [2.45, 2.75) is 50.6 Å². The van der Waals surface area contributed by atoms with Crippen LogP contribution in [0.4, 0.5) is 0 Å². The van der Waals surface area contributed by atoms with Gasteiger partial charge >= 0.3 is 0 Å². The van der Waals surface area contributed by atoms with Crippen LogP contribution in [0.3, 0.4) is 0 Å². The summed E-state index contributed by atoms with van der Waals surface area (Å²) in [6.07, 6.45) is 5.38. The number of hydrogen-bond acceptors (Lipinski definition) is 2. The molecule has 104 valence electrons. The van der Waals surface area contributed by atoms with Gasteiger partial charge in [-0.2, -0.15) is 0 Å². The predicted molar refractivity (Wildman–Crippen MR) is 80.8 cm³/mol. The summed E-state index contributed by atoms with van der Waals surface area (Å²) in [4.78, 5) is 11.8. The highest BCUT2D eigenvalue weighted by Crippen LogP contribution is 2.19. The van der Waals surface area contributed by atoms with Crippen molar-refractivity contribution in [1.29, 1.82) is 0 Å². The molecule has 3 N–H and O–H groups in total. The molecular formula is C15H21BrN2O. The molecule has 0 radical (unpaired) electrons. The average molecular weight is 325 g/mol. The summed E-state index contributed by atoms with van der Waals surface area (Å²) in [5, 5.41) is 3.08. The molecule has 0 bridgehead atoms. The van der Waals surface area contributed by atoms with Crippen LogP contribution >= 0.6 is 15.9 Å². The summed E-state index contributed by atoms with van der Waals surface area (Å²) in [5.41, 5.74) is 7.10. The highest BCUT2D eigenvalue weighted by atomic mass is 79.9. The number of carbonyl (C=O) groups excluding carboxylic acids is 1. The molecule has 1 aliphatic carbocycles. The lowest BCUT2D eigenvalue weighted by Gasteiger charge is -2.12. The third-order valence-corrected chi connectivity index (χ3v) is 4.42. The molecule has 1 fully saturated rings. The molecular weight excluding hydrogens is 304 g/mol. The Morgan fingerprint density at radius 2 is 2.16 bits per heavy atom. The third-order valence-electron chi connectivity index (χ3n) is 3.65. The fraction of sp³-hybridized carbons (Fsp3) is 0.533. The summed E-state index contributed by atoms with van der Waals surface area (Å²) in [7, 11) is 0. The van der Waals surface area contributed by atoms with Crippen LogP contribution in [0, 0.1) is 0 Å². The first-order chi connectivity index (χ1) is 9.15. The Bertz CT molecular complexity index is 436. The van der Waals surface area contributed by atoms with Crippen LogP contribution in [-0.4, -0.2) is 18.0 Å². The number of benzene rings is 1. The molecule has 1 aromatic carbocycles. The number of amides is 1. The number of nitrogens with one attached hydrogen (secondary N) is 1. The highest BCUT2D eigenvalue weighted by molar-refractivity contribution is 9.10. The van der Waals surface area contributed by atoms with Gasteiger partial charge in [-0.15, -0.1) is 0 Å². The maximum Gasteiger partial charge on any atom is 0.220 e. The van der Waals surface area contributed by atoms with Crippen LogP contribution in [0.25, 0.3) is 0 Å². The first kappa shape index (κ1) is 14.5. The fourth-order valence-electron chi connectivity index (χ4n) is 2.59. The number of rotatable bonds is 5. The van der Waals surface area contributed by atoms with Gasteiger partial charge in [-0.05, 0) is 43.7 Å². The van der Waals surface area contributed by atoms with Crippen LogP contribution in [0.1, 0.15) is 37.7 Å². The Morgan fingerprint density at radius 1 is 1.37 bits per heavy atom. The Balaban J connectivity index is 1.68. The van der Waals surface area contributed by atoms with E-state index in [0.29, 0.717) is 12.5 Å². The van der Waals surface area contributed by atoms with E-state index in [0.717, 1.165) is 36.6 Å². The molecule has 1 aromatic rings. The van der Waals surface area contributed by atoms with Crippen molar-refractivity contribution in [3.05, 3.63) is 34.3 Å². The molecule has 1 saturated carbocycles. The summed E-state index contributed by atoms with van der Waals surface area (Å²) in [5.74, 6) is 0.158. The maximum atomic E-state index is 11.8. The zero-order valence-corrected chi connectivity index (χ0v) is 12.7. The lowest BCUT2D eigenvalue weighted by atomic mass is 10.1. The van der Waals surface area contributed by atoms with Crippen LogP contribution in [0.2, 0.25) is 0 Å². The van der Waals surface area contributed by atoms with E-state index in [9.17, 15) is 4.79 Å². The minimum absolute atomic E-state index is 0.158. The zero-order chi connectivity index (χ0) is 13.7. The number of nitrogens with two attached hydrogens (primary N) is 1. The summed E-state index contributed by atoms with van der Waals surface area (Å²) >= 11 is 3.53. The minimum Gasteiger partial charge on any atom is -0.353 e. The van der Waals surface area contributed by atoms with E-state index in [1.165, 1.54) is 5.56 Å². The van der Waals surface area contributed by atoms with E-state index >= 15 is 0 Å². The molecule has 2 unspecified atom stereocenters. The Labute approximate surface area is 123 Å². The summed E-state index contributed by atoms with van der Waals surface area (Å²) in [6.45, 7) is 0. The second-order valence-corrected chi connectivity index (χ2v) is 6.14. The van der Waals surface area contributed by atoms with Gasteiger partial charge in [-0.3, -0.25) is 4.79 Å². The summed E-state index contributed by atoms with van der Waals surface area (Å²) in [6, 6.07) is 8.73. The standard InChI is InChI=1S/C15H21BrN2O/c16-14-6-2-1-4-11(14)5-3-7-15(19)18-13-9-8-12(17)10-13/h1-2,4,6,12-13H,3,5,7-10,17H2,(H,18,19). The van der Waals surface area contributed by atoms with Crippen molar-refractivity contribution in [1.82, 2.24) is 5.32 Å². The molecule has 2 rings (SSSR count). The molecule has 0 heterocycles. The Kier molecular flexibility index (Phi) is 5.40. The van der Waals surface area contributed by atoms with Gasteiger partial charge < -0.3 is 11.1 Å². The fourth-order valence-corrected chi connectivity index (χ4v) is 3.07. The largest absolute Gasteiger partial charge is 0.353 e. The maximum absolute atomic E-state index is 11.8. The van der Waals surface area contributed by atoms with Crippen LogP contribution in [0.5, 0.6) is 0 Å². The average Bonchev–Trinajstić information content (AvgIpc) is 2.77.